The average molecular weight is 496 g/mol. The molecule has 4 rings (SSSR count). The number of aromatic nitrogens is 1. The second kappa shape index (κ2) is 10.2. The van der Waals surface area contributed by atoms with Crippen LogP contribution >= 0.6 is 11.3 Å². The summed E-state index contributed by atoms with van der Waals surface area (Å²) >= 11 is 0.981. The minimum atomic E-state index is -3.02. The van der Waals surface area contributed by atoms with E-state index in [4.69, 9.17) is 0 Å². The minimum Gasteiger partial charge on any atom is -0.434 e. The summed E-state index contributed by atoms with van der Waals surface area (Å²) in [7, 11) is 0. The SMILES string of the molecule is Cc1ccc(-n2c(=O)/c(=C\c3ccccc3OC(F)F)s/c2=C(/C#N)C(=O)N2CCCC2)c(C)c1. The molecule has 1 aliphatic heterocycles. The van der Waals surface area contributed by atoms with Crippen LogP contribution in [0.1, 0.15) is 29.5 Å². The number of likely N-dealkylation sites (tertiary alicyclic amines) is 1. The van der Waals surface area contributed by atoms with Crippen molar-refractivity contribution in [3.8, 4) is 17.5 Å². The number of amides is 1. The van der Waals surface area contributed by atoms with Gasteiger partial charge in [-0.25, -0.2) is 0 Å². The molecule has 0 aliphatic carbocycles. The van der Waals surface area contributed by atoms with Crippen molar-refractivity contribution in [1.82, 2.24) is 9.47 Å². The Balaban J connectivity index is 2.03. The van der Waals surface area contributed by atoms with Gasteiger partial charge in [0.2, 0.25) is 0 Å². The first-order valence-electron chi connectivity index (χ1n) is 11.1. The van der Waals surface area contributed by atoms with E-state index in [1.165, 1.54) is 16.7 Å². The van der Waals surface area contributed by atoms with E-state index in [9.17, 15) is 23.6 Å². The fourth-order valence-corrected chi connectivity index (χ4v) is 5.22. The summed E-state index contributed by atoms with van der Waals surface area (Å²) in [5, 5.41) is 9.97. The summed E-state index contributed by atoms with van der Waals surface area (Å²) < 4.78 is 32.1. The molecule has 6 nitrogen and oxygen atoms in total. The maximum atomic E-state index is 13.6. The second-order valence-electron chi connectivity index (χ2n) is 8.25. The molecule has 3 aromatic rings. The maximum absolute atomic E-state index is 13.6. The zero-order chi connectivity index (χ0) is 25.1. The number of hydrogen-bond acceptors (Lipinski definition) is 5. The van der Waals surface area contributed by atoms with Gasteiger partial charge in [0.1, 0.15) is 16.5 Å². The molecular weight excluding hydrogens is 472 g/mol. The highest BCUT2D eigenvalue weighted by atomic mass is 32.1. The molecule has 0 radical (unpaired) electrons. The molecule has 1 aromatic heterocycles. The summed E-state index contributed by atoms with van der Waals surface area (Å²) in [6.07, 6.45) is 3.17. The van der Waals surface area contributed by atoms with Crippen molar-refractivity contribution >= 4 is 28.9 Å². The Morgan fingerprint density at radius 1 is 1.17 bits per heavy atom. The van der Waals surface area contributed by atoms with Crippen molar-refractivity contribution < 1.29 is 18.3 Å². The molecule has 2 aromatic carbocycles. The Morgan fingerprint density at radius 3 is 2.54 bits per heavy atom. The van der Waals surface area contributed by atoms with Crippen molar-refractivity contribution in [3.63, 3.8) is 0 Å². The number of nitrogens with zero attached hydrogens (tertiary/aromatic N) is 3. The largest absolute Gasteiger partial charge is 0.434 e. The zero-order valence-corrected chi connectivity index (χ0v) is 20.1. The Morgan fingerprint density at radius 2 is 1.89 bits per heavy atom. The lowest BCUT2D eigenvalue weighted by Gasteiger charge is -2.14. The van der Waals surface area contributed by atoms with E-state index in [2.05, 4.69) is 4.74 Å². The quantitative estimate of drug-likeness (QED) is 0.545. The van der Waals surface area contributed by atoms with Gasteiger partial charge in [0.15, 0.2) is 5.57 Å². The van der Waals surface area contributed by atoms with Gasteiger partial charge in [-0.05, 0) is 50.5 Å². The number of ether oxygens (including phenoxy) is 1. The molecule has 0 N–H and O–H groups in total. The standard InChI is InChI=1S/C26H23F2N3O3S/c1-16-9-10-20(17(2)13-16)31-24(33)22(14-18-7-3-4-8-21(18)34-26(27)28)35-25(31)19(15-29)23(32)30-11-5-6-12-30/h3-4,7-10,13-14,26H,5-6,11-12H2,1-2H3/b22-14+,25-19-. The molecule has 1 amide bonds. The number of para-hydroxylation sites is 1. The van der Waals surface area contributed by atoms with Gasteiger partial charge in [-0.2, -0.15) is 14.0 Å². The van der Waals surface area contributed by atoms with Crippen molar-refractivity contribution in [1.29, 1.82) is 5.26 Å². The van der Waals surface area contributed by atoms with Crippen molar-refractivity contribution in [2.75, 3.05) is 13.1 Å². The van der Waals surface area contributed by atoms with Crippen LogP contribution in [0.5, 0.6) is 5.75 Å². The third kappa shape index (κ3) is 5.03. The van der Waals surface area contributed by atoms with Crippen molar-refractivity contribution in [2.45, 2.75) is 33.3 Å². The summed E-state index contributed by atoms with van der Waals surface area (Å²) in [5.41, 5.74) is 2.06. The molecule has 0 unspecified atom stereocenters. The van der Waals surface area contributed by atoms with Gasteiger partial charge in [0.25, 0.3) is 11.5 Å². The molecule has 0 spiro atoms. The molecule has 0 saturated carbocycles. The van der Waals surface area contributed by atoms with E-state index >= 15 is 0 Å². The fourth-order valence-electron chi connectivity index (χ4n) is 4.13. The Labute approximate surface area is 204 Å². The average Bonchev–Trinajstić information content (AvgIpc) is 3.45. The van der Waals surface area contributed by atoms with Crippen LogP contribution in [-0.4, -0.2) is 35.1 Å². The molecule has 9 heteroatoms. The molecular formula is C26H23F2N3O3S. The zero-order valence-electron chi connectivity index (χ0n) is 19.3. The van der Waals surface area contributed by atoms with Crippen LogP contribution in [0, 0.1) is 25.2 Å². The number of aryl methyl sites for hydroxylation is 2. The molecule has 0 bridgehead atoms. The number of alkyl halides is 2. The topological polar surface area (TPSA) is 75.3 Å². The van der Waals surface area contributed by atoms with Gasteiger partial charge < -0.3 is 9.64 Å². The van der Waals surface area contributed by atoms with E-state index in [0.29, 0.717) is 18.8 Å². The Bertz CT molecular complexity index is 1500. The normalized spacial score (nSPS) is 14.9. The Hall–Kier alpha value is -3.77. The lowest BCUT2D eigenvalue weighted by atomic mass is 10.1. The molecule has 1 aliphatic rings. The molecule has 180 valence electrons. The van der Waals surface area contributed by atoms with Crippen LogP contribution < -0.4 is 19.5 Å². The predicted molar refractivity (Wildman–Crippen MR) is 130 cm³/mol. The van der Waals surface area contributed by atoms with Crippen molar-refractivity contribution in [3.05, 3.63) is 78.7 Å². The number of benzene rings is 2. The highest BCUT2D eigenvalue weighted by molar-refractivity contribution is 7.07. The summed E-state index contributed by atoms with van der Waals surface area (Å²) in [4.78, 5) is 28.4. The molecule has 35 heavy (non-hydrogen) atoms. The number of carbonyl (C=O) groups is 1. The molecule has 1 saturated heterocycles. The van der Waals surface area contributed by atoms with Gasteiger partial charge in [-0.1, -0.05) is 35.9 Å². The second-order valence-corrected chi connectivity index (χ2v) is 9.28. The number of hydrogen-bond donors (Lipinski definition) is 0. The molecule has 2 heterocycles. The van der Waals surface area contributed by atoms with Gasteiger partial charge in [-0.3, -0.25) is 14.2 Å². The summed E-state index contributed by atoms with van der Waals surface area (Å²) in [6.45, 7) is 1.87. The van der Waals surface area contributed by atoms with E-state index < -0.39 is 18.1 Å². The van der Waals surface area contributed by atoms with Gasteiger partial charge in [0, 0.05) is 18.7 Å². The van der Waals surface area contributed by atoms with Crippen LogP contribution in [0.2, 0.25) is 0 Å². The first-order chi connectivity index (χ1) is 16.8. The highest BCUT2D eigenvalue weighted by Crippen LogP contribution is 2.21. The first kappa shape index (κ1) is 24.4. The van der Waals surface area contributed by atoms with Crippen LogP contribution in [0.15, 0.2) is 47.3 Å². The molecule has 0 atom stereocenters. The maximum Gasteiger partial charge on any atom is 0.387 e. The third-order valence-electron chi connectivity index (χ3n) is 5.77. The number of carbonyl (C=O) groups excluding carboxylic acids is 1. The first-order valence-corrected chi connectivity index (χ1v) is 11.9. The number of nitriles is 1. The van der Waals surface area contributed by atoms with E-state index in [1.807, 2.05) is 32.0 Å². The van der Waals surface area contributed by atoms with Crippen LogP contribution in [0.25, 0.3) is 17.3 Å². The van der Waals surface area contributed by atoms with E-state index in [1.54, 1.807) is 29.2 Å². The number of rotatable bonds is 5. The monoisotopic (exact) mass is 495 g/mol. The van der Waals surface area contributed by atoms with Crippen LogP contribution in [0.4, 0.5) is 8.78 Å². The number of thiazole rings is 1. The van der Waals surface area contributed by atoms with Gasteiger partial charge >= 0.3 is 6.61 Å². The summed E-state index contributed by atoms with van der Waals surface area (Å²) in [6, 6.07) is 13.7. The molecule has 1 fully saturated rings. The third-order valence-corrected chi connectivity index (χ3v) is 6.86. The van der Waals surface area contributed by atoms with Crippen molar-refractivity contribution in [2.24, 2.45) is 0 Å². The Kier molecular flexibility index (Phi) is 7.12. The lowest BCUT2D eigenvalue weighted by Crippen LogP contribution is -2.35. The predicted octanol–water partition coefficient (Wildman–Crippen LogP) is 3.24. The van der Waals surface area contributed by atoms with Gasteiger partial charge in [0.05, 0.1) is 10.2 Å². The highest BCUT2D eigenvalue weighted by Gasteiger charge is 2.25. The smallest absolute Gasteiger partial charge is 0.387 e. The van der Waals surface area contributed by atoms with Gasteiger partial charge in [-0.15, -0.1) is 11.3 Å². The fraction of sp³-hybridized carbons (Fsp3) is 0.269. The number of halogens is 2. The van der Waals surface area contributed by atoms with Crippen LogP contribution in [-0.2, 0) is 4.79 Å². The van der Waals surface area contributed by atoms with E-state index in [0.717, 1.165) is 35.3 Å². The van der Waals surface area contributed by atoms with Crippen LogP contribution in [0.3, 0.4) is 0 Å². The summed E-state index contributed by atoms with van der Waals surface area (Å²) in [5.74, 6) is -0.495. The van der Waals surface area contributed by atoms with E-state index in [-0.39, 0.29) is 26.1 Å². The minimum absolute atomic E-state index is 0.0763. The lowest BCUT2D eigenvalue weighted by molar-refractivity contribution is -0.123.